The molecule has 0 aliphatic heterocycles. The molecule has 1 aromatic rings. The van der Waals surface area contributed by atoms with Gasteiger partial charge in [-0.25, -0.2) is 4.39 Å². The van der Waals surface area contributed by atoms with Gasteiger partial charge in [-0.15, -0.1) is 0 Å². The van der Waals surface area contributed by atoms with E-state index in [0.29, 0.717) is 0 Å². The number of ether oxygens (including phenoxy) is 2. The van der Waals surface area contributed by atoms with E-state index in [1.807, 2.05) is 0 Å². The molecule has 0 spiro atoms. The molecule has 1 rings (SSSR count). The maximum Gasteiger partial charge on any atom is 0.313 e. The Morgan fingerprint density at radius 3 is 2.53 bits per heavy atom. The lowest BCUT2D eigenvalue weighted by molar-refractivity contribution is -0.139. The second-order valence-corrected chi connectivity index (χ2v) is 3.58. The van der Waals surface area contributed by atoms with E-state index in [1.165, 1.54) is 32.4 Å². The van der Waals surface area contributed by atoms with Crippen molar-refractivity contribution in [3.8, 4) is 0 Å². The Morgan fingerprint density at radius 1 is 1.26 bits per heavy atom. The number of benzene rings is 1. The summed E-state index contributed by atoms with van der Waals surface area (Å²) in [6.07, 6.45) is -0.633. The van der Waals surface area contributed by atoms with Crippen LogP contribution in [0.2, 0.25) is 0 Å². The number of amides is 2. The van der Waals surface area contributed by atoms with Crippen molar-refractivity contribution in [3.05, 3.63) is 30.1 Å². The third kappa shape index (κ3) is 5.02. The molecule has 0 radical (unpaired) electrons. The van der Waals surface area contributed by atoms with E-state index in [-0.39, 0.29) is 12.2 Å². The predicted molar refractivity (Wildman–Crippen MR) is 65.8 cm³/mol. The van der Waals surface area contributed by atoms with E-state index in [4.69, 9.17) is 9.47 Å². The van der Waals surface area contributed by atoms with Crippen LogP contribution in [0.3, 0.4) is 0 Å². The van der Waals surface area contributed by atoms with E-state index in [0.717, 1.165) is 6.07 Å². The van der Waals surface area contributed by atoms with Crippen molar-refractivity contribution in [3.63, 3.8) is 0 Å². The number of halogens is 1. The Bertz CT molecular complexity index is 449. The van der Waals surface area contributed by atoms with Crippen molar-refractivity contribution < 1.29 is 23.5 Å². The summed E-state index contributed by atoms with van der Waals surface area (Å²) in [5, 5.41) is 4.59. The topological polar surface area (TPSA) is 76.7 Å². The highest BCUT2D eigenvalue weighted by molar-refractivity contribution is 6.39. The molecule has 0 saturated carbocycles. The van der Waals surface area contributed by atoms with E-state index in [2.05, 4.69) is 10.6 Å². The van der Waals surface area contributed by atoms with Crippen LogP contribution in [0, 0.1) is 5.82 Å². The number of carbonyl (C=O) groups is 2. The summed E-state index contributed by atoms with van der Waals surface area (Å²) in [5.41, 5.74) is 0.204. The fourth-order valence-electron chi connectivity index (χ4n) is 1.27. The lowest BCUT2D eigenvalue weighted by atomic mass is 10.3. The molecule has 0 fully saturated rings. The van der Waals surface area contributed by atoms with Gasteiger partial charge in [-0.1, -0.05) is 6.07 Å². The highest BCUT2D eigenvalue weighted by atomic mass is 19.1. The summed E-state index contributed by atoms with van der Waals surface area (Å²) >= 11 is 0. The molecule has 1 aromatic carbocycles. The fourth-order valence-corrected chi connectivity index (χ4v) is 1.27. The highest BCUT2D eigenvalue weighted by Gasteiger charge is 2.15. The van der Waals surface area contributed by atoms with Crippen LogP contribution in [-0.4, -0.2) is 38.9 Å². The third-order valence-corrected chi connectivity index (χ3v) is 2.24. The summed E-state index contributed by atoms with van der Waals surface area (Å²) < 4.78 is 22.6. The van der Waals surface area contributed by atoms with Crippen LogP contribution in [-0.2, 0) is 19.1 Å². The van der Waals surface area contributed by atoms with Gasteiger partial charge in [0.15, 0.2) is 6.29 Å². The Labute approximate surface area is 109 Å². The van der Waals surface area contributed by atoms with Gasteiger partial charge in [-0.2, -0.15) is 0 Å². The highest BCUT2D eigenvalue weighted by Crippen LogP contribution is 2.08. The van der Waals surface area contributed by atoms with E-state index in [1.54, 1.807) is 0 Å². The molecule has 0 heterocycles. The van der Waals surface area contributed by atoms with Gasteiger partial charge in [0.25, 0.3) is 0 Å². The Kier molecular flexibility index (Phi) is 5.91. The van der Waals surface area contributed by atoms with Crippen LogP contribution in [0.1, 0.15) is 0 Å². The van der Waals surface area contributed by atoms with Gasteiger partial charge >= 0.3 is 11.8 Å². The van der Waals surface area contributed by atoms with E-state index >= 15 is 0 Å². The molecule has 0 aliphatic rings. The number of anilines is 1. The van der Waals surface area contributed by atoms with Crippen molar-refractivity contribution >= 4 is 17.5 Å². The Balaban J connectivity index is 2.47. The standard InChI is InChI=1S/C12H15FN2O4/c1-18-10(19-2)7-14-11(16)12(17)15-9-5-3-4-8(13)6-9/h3-6,10H,7H2,1-2H3,(H,14,16)(H,15,17). The molecular weight excluding hydrogens is 255 g/mol. The van der Waals surface area contributed by atoms with Crippen molar-refractivity contribution in [2.45, 2.75) is 6.29 Å². The summed E-state index contributed by atoms with van der Waals surface area (Å²) in [6, 6.07) is 5.24. The zero-order chi connectivity index (χ0) is 14.3. The second kappa shape index (κ2) is 7.45. The average molecular weight is 270 g/mol. The maximum atomic E-state index is 12.9. The Hall–Kier alpha value is -1.99. The minimum Gasteiger partial charge on any atom is -0.354 e. The second-order valence-electron chi connectivity index (χ2n) is 3.58. The Morgan fingerprint density at radius 2 is 1.95 bits per heavy atom. The van der Waals surface area contributed by atoms with Crippen molar-refractivity contribution in [1.82, 2.24) is 5.32 Å². The molecule has 2 amide bonds. The average Bonchev–Trinajstić information content (AvgIpc) is 2.39. The number of rotatable bonds is 5. The molecule has 19 heavy (non-hydrogen) atoms. The first-order valence-electron chi connectivity index (χ1n) is 5.47. The molecular formula is C12H15FN2O4. The molecule has 0 aromatic heterocycles. The van der Waals surface area contributed by atoms with Gasteiger partial charge in [-0.3, -0.25) is 9.59 Å². The van der Waals surface area contributed by atoms with E-state index < -0.39 is 23.9 Å². The zero-order valence-electron chi connectivity index (χ0n) is 10.6. The molecule has 0 saturated heterocycles. The first-order valence-corrected chi connectivity index (χ1v) is 5.47. The summed E-state index contributed by atoms with van der Waals surface area (Å²) in [6.45, 7) is 0.0302. The molecule has 0 unspecified atom stereocenters. The van der Waals surface area contributed by atoms with Crippen LogP contribution >= 0.6 is 0 Å². The van der Waals surface area contributed by atoms with Gasteiger partial charge in [0.2, 0.25) is 0 Å². The van der Waals surface area contributed by atoms with Crippen molar-refractivity contribution in [1.29, 1.82) is 0 Å². The first-order chi connectivity index (χ1) is 9.06. The lowest BCUT2D eigenvalue weighted by Gasteiger charge is -2.13. The minimum atomic E-state index is -0.892. The first kappa shape index (κ1) is 15.1. The van der Waals surface area contributed by atoms with E-state index in [9.17, 15) is 14.0 Å². The quantitative estimate of drug-likeness (QED) is 0.603. The normalized spacial score (nSPS) is 10.3. The number of hydrogen-bond acceptors (Lipinski definition) is 4. The zero-order valence-corrected chi connectivity index (χ0v) is 10.6. The van der Waals surface area contributed by atoms with Gasteiger partial charge in [-0.05, 0) is 18.2 Å². The van der Waals surface area contributed by atoms with Gasteiger partial charge in [0.05, 0.1) is 6.54 Å². The molecule has 0 bridgehead atoms. The minimum absolute atomic E-state index is 0.0302. The monoisotopic (exact) mass is 270 g/mol. The fraction of sp³-hybridized carbons (Fsp3) is 0.333. The molecule has 7 heteroatoms. The van der Waals surface area contributed by atoms with Crippen LogP contribution in [0.5, 0.6) is 0 Å². The largest absolute Gasteiger partial charge is 0.354 e. The van der Waals surface area contributed by atoms with Crippen LogP contribution in [0.15, 0.2) is 24.3 Å². The number of methoxy groups -OCH3 is 2. The third-order valence-electron chi connectivity index (χ3n) is 2.24. The maximum absolute atomic E-state index is 12.9. The molecule has 104 valence electrons. The number of hydrogen-bond donors (Lipinski definition) is 2. The van der Waals surface area contributed by atoms with Gasteiger partial charge in [0.1, 0.15) is 5.82 Å². The lowest BCUT2D eigenvalue weighted by Crippen LogP contribution is -2.40. The molecule has 0 atom stereocenters. The van der Waals surface area contributed by atoms with Gasteiger partial charge < -0.3 is 20.1 Å². The molecule has 6 nitrogen and oxygen atoms in total. The number of carbonyl (C=O) groups excluding carboxylic acids is 2. The van der Waals surface area contributed by atoms with Crippen molar-refractivity contribution in [2.75, 3.05) is 26.1 Å². The van der Waals surface area contributed by atoms with Crippen molar-refractivity contribution in [2.24, 2.45) is 0 Å². The van der Waals surface area contributed by atoms with Crippen LogP contribution < -0.4 is 10.6 Å². The predicted octanol–water partition coefficient (Wildman–Crippen LogP) is 0.499. The molecule has 0 aliphatic carbocycles. The smallest absolute Gasteiger partial charge is 0.313 e. The summed E-state index contributed by atoms with van der Waals surface area (Å²) in [4.78, 5) is 22.9. The summed E-state index contributed by atoms with van der Waals surface area (Å²) in [5.74, 6) is -2.25. The molecule has 2 N–H and O–H groups in total. The van der Waals surface area contributed by atoms with Crippen LogP contribution in [0.4, 0.5) is 10.1 Å². The SMILES string of the molecule is COC(CNC(=O)C(=O)Nc1cccc(F)c1)OC. The van der Waals surface area contributed by atoms with Gasteiger partial charge in [0, 0.05) is 19.9 Å². The van der Waals surface area contributed by atoms with Crippen LogP contribution in [0.25, 0.3) is 0 Å². The summed E-state index contributed by atoms with van der Waals surface area (Å²) in [7, 11) is 2.82. The number of nitrogens with one attached hydrogen (secondary N) is 2.